The SMILES string of the molecule is COCCNCCNC(=O)c1ccc(Br)c(C)c1. The first-order valence-corrected chi connectivity index (χ1v) is 6.68. The third-order valence-electron chi connectivity index (χ3n) is 2.49. The molecular weight excluding hydrogens is 296 g/mol. The number of carbonyl (C=O) groups excluding carboxylic acids is 1. The van der Waals surface area contributed by atoms with Crippen molar-refractivity contribution in [1.29, 1.82) is 0 Å². The minimum absolute atomic E-state index is 0.0425. The molecule has 2 N–H and O–H groups in total. The van der Waals surface area contributed by atoms with Crippen LogP contribution in [0.2, 0.25) is 0 Å². The number of amides is 1. The van der Waals surface area contributed by atoms with E-state index >= 15 is 0 Å². The summed E-state index contributed by atoms with van der Waals surface area (Å²) < 4.78 is 5.92. The summed E-state index contributed by atoms with van der Waals surface area (Å²) in [7, 11) is 1.67. The Morgan fingerprint density at radius 2 is 2.11 bits per heavy atom. The van der Waals surface area contributed by atoms with Crippen molar-refractivity contribution < 1.29 is 9.53 Å². The number of carbonyl (C=O) groups is 1. The molecule has 0 aliphatic heterocycles. The van der Waals surface area contributed by atoms with Gasteiger partial charge in [0.2, 0.25) is 0 Å². The molecule has 0 aliphatic rings. The van der Waals surface area contributed by atoms with E-state index in [1.54, 1.807) is 7.11 Å². The summed E-state index contributed by atoms with van der Waals surface area (Å²) in [5.41, 5.74) is 1.74. The predicted octanol–water partition coefficient (Wildman–Crippen LogP) is 1.72. The number of benzene rings is 1. The number of methoxy groups -OCH3 is 1. The Kier molecular flexibility index (Phi) is 6.93. The zero-order valence-electron chi connectivity index (χ0n) is 10.8. The first kappa shape index (κ1) is 15.1. The number of hydrogen-bond donors (Lipinski definition) is 2. The molecule has 0 atom stereocenters. The van der Waals surface area contributed by atoms with Gasteiger partial charge in [-0.1, -0.05) is 15.9 Å². The molecule has 0 heterocycles. The van der Waals surface area contributed by atoms with E-state index < -0.39 is 0 Å². The second kappa shape index (κ2) is 8.24. The number of nitrogens with one attached hydrogen (secondary N) is 2. The van der Waals surface area contributed by atoms with E-state index in [0.717, 1.165) is 23.1 Å². The number of rotatable bonds is 7. The van der Waals surface area contributed by atoms with Crippen LogP contribution in [0.4, 0.5) is 0 Å². The standard InChI is InChI=1S/C13H19BrN2O2/c1-10-9-11(3-4-12(10)14)13(17)16-6-5-15-7-8-18-2/h3-4,9,15H,5-8H2,1-2H3,(H,16,17). The van der Waals surface area contributed by atoms with Crippen LogP contribution in [0, 0.1) is 6.92 Å². The molecule has 100 valence electrons. The van der Waals surface area contributed by atoms with Crippen molar-refractivity contribution in [3.05, 3.63) is 33.8 Å². The molecule has 0 spiro atoms. The smallest absolute Gasteiger partial charge is 0.251 e. The topological polar surface area (TPSA) is 50.4 Å². The highest BCUT2D eigenvalue weighted by Crippen LogP contribution is 2.16. The summed E-state index contributed by atoms with van der Waals surface area (Å²) in [5.74, 6) is -0.0425. The van der Waals surface area contributed by atoms with Crippen LogP contribution in [-0.2, 0) is 4.74 Å². The van der Waals surface area contributed by atoms with E-state index in [2.05, 4.69) is 26.6 Å². The number of ether oxygens (including phenoxy) is 1. The van der Waals surface area contributed by atoms with Gasteiger partial charge < -0.3 is 15.4 Å². The van der Waals surface area contributed by atoms with E-state index in [1.807, 2.05) is 25.1 Å². The van der Waals surface area contributed by atoms with Crippen LogP contribution in [0.3, 0.4) is 0 Å². The maximum Gasteiger partial charge on any atom is 0.251 e. The summed E-state index contributed by atoms with van der Waals surface area (Å²) >= 11 is 3.41. The molecule has 1 amide bonds. The second-order valence-electron chi connectivity index (χ2n) is 3.96. The van der Waals surface area contributed by atoms with Gasteiger partial charge in [-0.15, -0.1) is 0 Å². The van der Waals surface area contributed by atoms with Crippen molar-refractivity contribution in [2.24, 2.45) is 0 Å². The maximum atomic E-state index is 11.8. The highest BCUT2D eigenvalue weighted by molar-refractivity contribution is 9.10. The molecule has 0 bridgehead atoms. The summed E-state index contributed by atoms with van der Waals surface area (Å²) in [6, 6.07) is 5.57. The van der Waals surface area contributed by atoms with E-state index in [4.69, 9.17) is 4.74 Å². The van der Waals surface area contributed by atoms with Crippen molar-refractivity contribution in [2.75, 3.05) is 33.4 Å². The Morgan fingerprint density at radius 1 is 1.33 bits per heavy atom. The normalized spacial score (nSPS) is 10.4. The van der Waals surface area contributed by atoms with Gasteiger partial charge in [0.25, 0.3) is 5.91 Å². The van der Waals surface area contributed by atoms with Gasteiger partial charge in [-0.2, -0.15) is 0 Å². The molecule has 4 nitrogen and oxygen atoms in total. The molecule has 0 radical (unpaired) electrons. The second-order valence-corrected chi connectivity index (χ2v) is 4.82. The van der Waals surface area contributed by atoms with Gasteiger partial charge >= 0.3 is 0 Å². The van der Waals surface area contributed by atoms with Crippen LogP contribution in [0.1, 0.15) is 15.9 Å². The van der Waals surface area contributed by atoms with Crippen molar-refractivity contribution in [3.8, 4) is 0 Å². The van der Waals surface area contributed by atoms with Gasteiger partial charge in [0.15, 0.2) is 0 Å². The summed E-state index contributed by atoms with van der Waals surface area (Å²) in [4.78, 5) is 11.8. The molecular formula is C13H19BrN2O2. The van der Waals surface area contributed by atoms with Crippen molar-refractivity contribution in [1.82, 2.24) is 10.6 Å². The molecule has 0 saturated carbocycles. The number of halogens is 1. The largest absolute Gasteiger partial charge is 0.383 e. The fourth-order valence-corrected chi connectivity index (χ4v) is 1.70. The highest BCUT2D eigenvalue weighted by atomic mass is 79.9. The summed E-state index contributed by atoms with van der Waals surface area (Å²) in [6.07, 6.45) is 0. The quantitative estimate of drug-likeness (QED) is 0.754. The fourth-order valence-electron chi connectivity index (χ4n) is 1.45. The molecule has 1 aromatic rings. The van der Waals surface area contributed by atoms with Gasteiger partial charge in [0.05, 0.1) is 6.61 Å². The molecule has 1 rings (SSSR count). The zero-order chi connectivity index (χ0) is 13.4. The van der Waals surface area contributed by atoms with Gasteiger partial charge in [0, 0.05) is 36.8 Å². The summed E-state index contributed by atoms with van der Waals surface area (Å²) in [5, 5.41) is 6.03. The molecule has 5 heteroatoms. The average molecular weight is 315 g/mol. The van der Waals surface area contributed by atoms with Gasteiger partial charge in [-0.05, 0) is 30.7 Å². The van der Waals surface area contributed by atoms with Gasteiger partial charge in [0.1, 0.15) is 0 Å². The number of aryl methyl sites for hydroxylation is 1. The summed E-state index contributed by atoms with van der Waals surface area (Å²) in [6.45, 7) is 4.79. The van der Waals surface area contributed by atoms with Crippen LogP contribution in [0.15, 0.2) is 22.7 Å². The Balaban J connectivity index is 2.30. The molecule has 18 heavy (non-hydrogen) atoms. The van der Waals surface area contributed by atoms with Crippen LogP contribution in [0.5, 0.6) is 0 Å². The monoisotopic (exact) mass is 314 g/mol. The lowest BCUT2D eigenvalue weighted by atomic mass is 10.1. The molecule has 0 unspecified atom stereocenters. The van der Waals surface area contributed by atoms with Gasteiger partial charge in [-0.25, -0.2) is 0 Å². The Bertz CT molecular complexity index is 397. The average Bonchev–Trinajstić information content (AvgIpc) is 2.36. The lowest BCUT2D eigenvalue weighted by Gasteiger charge is -2.07. The Labute approximate surface area is 116 Å². The Hall–Kier alpha value is -0.910. The maximum absolute atomic E-state index is 11.8. The van der Waals surface area contributed by atoms with Crippen molar-refractivity contribution in [3.63, 3.8) is 0 Å². The van der Waals surface area contributed by atoms with Crippen LogP contribution in [0.25, 0.3) is 0 Å². The van der Waals surface area contributed by atoms with Crippen LogP contribution in [-0.4, -0.2) is 39.3 Å². The van der Waals surface area contributed by atoms with Crippen LogP contribution < -0.4 is 10.6 Å². The predicted molar refractivity (Wildman–Crippen MR) is 76.0 cm³/mol. The van der Waals surface area contributed by atoms with Crippen molar-refractivity contribution in [2.45, 2.75) is 6.92 Å². The third kappa shape index (κ3) is 5.16. The molecule has 0 fully saturated rings. The first-order chi connectivity index (χ1) is 8.65. The van der Waals surface area contributed by atoms with Crippen LogP contribution >= 0.6 is 15.9 Å². The molecule has 0 saturated heterocycles. The van der Waals surface area contributed by atoms with E-state index in [9.17, 15) is 4.79 Å². The molecule has 0 aliphatic carbocycles. The lowest BCUT2D eigenvalue weighted by molar-refractivity contribution is 0.0953. The number of hydrogen-bond acceptors (Lipinski definition) is 3. The highest BCUT2D eigenvalue weighted by Gasteiger charge is 2.05. The van der Waals surface area contributed by atoms with E-state index in [1.165, 1.54) is 0 Å². The Morgan fingerprint density at radius 3 is 2.78 bits per heavy atom. The lowest BCUT2D eigenvalue weighted by Crippen LogP contribution is -2.33. The fraction of sp³-hybridized carbons (Fsp3) is 0.462. The van der Waals surface area contributed by atoms with Gasteiger partial charge in [-0.3, -0.25) is 4.79 Å². The van der Waals surface area contributed by atoms with E-state index in [-0.39, 0.29) is 5.91 Å². The minimum atomic E-state index is -0.0425. The minimum Gasteiger partial charge on any atom is -0.383 e. The molecule has 0 aromatic heterocycles. The van der Waals surface area contributed by atoms with E-state index in [0.29, 0.717) is 18.7 Å². The first-order valence-electron chi connectivity index (χ1n) is 5.89. The third-order valence-corrected chi connectivity index (χ3v) is 3.38. The van der Waals surface area contributed by atoms with Crippen molar-refractivity contribution >= 4 is 21.8 Å². The molecule has 1 aromatic carbocycles. The zero-order valence-corrected chi connectivity index (χ0v) is 12.3.